The van der Waals surface area contributed by atoms with Crippen molar-refractivity contribution >= 4 is 11.8 Å². The van der Waals surface area contributed by atoms with Gasteiger partial charge in [0.2, 0.25) is 0 Å². The molecule has 0 spiro atoms. The van der Waals surface area contributed by atoms with E-state index >= 15 is 0 Å². The predicted molar refractivity (Wildman–Crippen MR) is 68.3 cm³/mol. The van der Waals surface area contributed by atoms with Crippen LogP contribution in [0.15, 0.2) is 18.2 Å². The SMILES string of the molecule is Cc1ccc(F)c(CNC2CCSCC2)c1. The summed E-state index contributed by atoms with van der Waals surface area (Å²) in [6, 6.07) is 5.88. The number of rotatable bonds is 3. The Morgan fingerprint density at radius 3 is 2.88 bits per heavy atom. The highest BCUT2D eigenvalue weighted by atomic mass is 32.2. The van der Waals surface area contributed by atoms with Crippen molar-refractivity contribution in [3.63, 3.8) is 0 Å². The Balaban J connectivity index is 1.90. The molecule has 1 heterocycles. The highest BCUT2D eigenvalue weighted by Gasteiger charge is 2.13. The van der Waals surface area contributed by atoms with Crippen LogP contribution in [0.2, 0.25) is 0 Å². The van der Waals surface area contributed by atoms with Crippen LogP contribution in [0.3, 0.4) is 0 Å². The maximum atomic E-state index is 13.5. The van der Waals surface area contributed by atoms with Gasteiger partial charge >= 0.3 is 0 Å². The molecular weight excluding hydrogens is 221 g/mol. The van der Waals surface area contributed by atoms with Crippen LogP contribution in [0.5, 0.6) is 0 Å². The van der Waals surface area contributed by atoms with Gasteiger partial charge in [-0.15, -0.1) is 0 Å². The van der Waals surface area contributed by atoms with E-state index in [-0.39, 0.29) is 5.82 Å². The van der Waals surface area contributed by atoms with Gasteiger partial charge in [0, 0.05) is 18.2 Å². The second-order valence-electron chi connectivity index (χ2n) is 4.36. The van der Waals surface area contributed by atoms with Gasteiger partial charge in [-0.1, -0.05) is 17.7 Å². The molecule has 1 aromatic carbocycles. The number of benzene rings is 1. The van der Waals surface area contributed by atoms with E-state index in [9.17, 15) is 4.39 Å². The third kappa shape index (κ3) is 3.22. The van der Waals surface area contributed by atoms with E-state index in [4.69, 9.17) is 0 Å². The third-order valence-electron chi connectivity index (χ3n) is 3.00. The first-order valence-corrected chi connectivity index (χ1v) is 6.97. The topological polar surface area (TPSA) is 12.0 Å². The van der Waals surface area contributed by atoms with Crippen LogP contribution in [-0.2, 0) is 6.54 Å². The van der Waals surface area contributed by atoms with E-state index in [2.05, 4.69) is 5.32 Å². The zero-order chi connectivity index (χ0) is 11.4. The van der Waals surface area contributed by atoms with Crippen LogP contribution in [-0.4, -0.2) is 17.5 Å². The fourth-order valence-corrected chi connectivity index (χ4v) is 3.10. The zero-order valence-corrected chi connectivity index (χ0v) is 10.4. The summed E-state index contributed by atoms with van der Waals surface area (Å²) in [4.78, 5) is 0. The Labute approximate surface area is 101 Å². The molecule has 1 nitrogen and oxygen atoms in total. The molecule has 1 fully saturated rings. The number of hydrogen-bond acceptors (Lipinski definition) is 2. The van der Waals surface area contributed by atoms with Gasteiger partial charge in [-0.25, -0.2) is 4.39 Å². The van der Waals surface area contributed by atoms with Gasteiger partial charge in [0.25, 0.3) is 0 Å². The standard InChI is InChI=1S/C13H18FNS/c1-10-2-3-13(14)11(8-10)9-15-12-4-6-16-7-5-12/h2-3,8,12,15H,4-7,9H2,1H3. The molecule has 0 aliphatic carbocycles. The summed E-state index contributed by atoms with van der Waals surface area (Å²) in [6.07, 6.45) is 2.41. The average molecular weight is 239 g/mol. The van der Waals surface area contributed by atoms with Crippen molar-refractivity contribution in [1.29, 1.82) is 0 Å². The second kappa shape index (κ2) is 5.69. The first-order valence-electron chi connectivity index (χ1n) is 5.82. The molecule has 1 aliphatic heterocycles. The molecule has 0 unspecified atom stereocenters. The largest absolute Gasteiger partial charge is 0.310 e. The van der Waals surface area contributed by atoms with Crippen molar-refractivity contribution in [3.8, 4) is 0 Å². The van der Waals surface area contributed by atoms with E-state index in [1.165, 1.54) is 24.3 Å². The number of thioether (sulfide) groups is 1. The maximum Gasteiger partial charge on any atom is 0.127 e. The van der Waals surface area contributed by atoms with Crippen LogP contribution in [0, 0.1) is 12.7 Å². The lowest BCUT2D eigenvalue weighted by Gasteiger charge is -2.22. The quantitative estimate of drug-likeness (QED) is 0.869. The van der Waals surface area contributed by atoms with Gasteiger partial charge in [-0.2, -0.15) is 11.8 Å². The molecule has 0 aromatic heterocycles. The van der Waals surface area contributed by atoms with Crippen molar-refractivity contribution in [2.24, 2.45) is 0 Å². The van der Waals surface area contributed by atoms with Crippen LogP contribution in [0.4, 0.5) is 4.39 Å². The van der Waals surface area contributed by atoms with E-state index in [0.717, 1.165) is 11.1 Å². The first-order chi connectivity index (χ1) is 7.75. The Kier molecular flexibility index (Phi) is 4.24. The summed E-state index contributed by atoms with van der Waals surface area (Å²) >= 11 is 2.01. The average Bonchev–Trinajstić information content (AvgIpc) is 2.32. The summed E-state index contributed by atoms with van der Waals surface area (Å²) in [7, 11) is 0. The Morgan fingerprint density at radius 1 is 1.38 bits per heavy atom. The van der Waals surface area contributed by atoms with E-state index in [0.29, 0.717) is 12.6 Å². The summed E-state index contributed by atoms with van der Waals surface area (Å²) in [6.45, 7) is 2.66. The monoisotopic (exact) mass is 239 g/mol. The molecule has 0 amide bonds. The fourth-order valence-electron chi connectivity index (χ4n) is 1.99. The summed E-state index contributed by atoms with van der Waals surface area (Å²) in [5.74, 6) is 2.37. The van der Waals surface area contributed by atoms with Crippen molar-refractivity contribution in [3.05, 3.63) is 35.1 Å². The normalized spacial score (nSPS) is 17.6. The number of nitrogens with one attached hydrogen (secondary N) is 1. The highest BCUT2D eigenvalue weighted by Crippen LogP contribution is 2.18. The lowest BCUT2D eigenvalue weighted by molar-refractivity contribution is 0.473. The van der Waals surface area contributed by atoms with Crippen molar-refractivity contribution in [2.45, 2.75) is 32.4 Å². The van der Waals surface area contributed by atoms with Crippen LogP contribution in [0.25, 0.3) is 0 Å². The van der Waals surface area contributed by atoms with Crippen molar-refractivity contribution in [2.75, 3.05) is 11.5 Å². The molecule has 0 radical (unpaired) electrons. The predicted octanol–water partition coefficient (Wildman–Crippen LogP) is 3.12. The molecule has 1 aromatic rings. The molecule has 0 saturated carbocycles. The van der Waals surface area contributed by atoms with Gasteiger partial charge in [0.1, 0.15) is 5.82 Å². The third-order valence-corrected chi connectivity index (χ3v) is 4.05. The minimum absolute atomic E-state index is 0.0942. The lowest BCUT2D eigenvalue weighted by Crippen LogP contribution is -2.32. The Bertz CT molecular complexity index is 348. The molecule has 2 rings (SSSR count). The second-order valence-corrected chi connectivity index (χ2v) is 5.59. The zero-order valence-electron chi connectivity index (χ0n) is 9.63. The highest BCUT2D eigenvalue weighted by molar-refractivity contribution is 7.99. The smallest absolute Gasteiger partial charge is 0.127 e. The van der Waals surface area contributed by atoms with E-state index in [1.807, 2.05) is 30.8 Å². The molecule has 3 heteroatoms. The summed E-state index contributed by atoms with van der Waals surface area (Å²) in [5.41, 5.74) is 1.91. The van der Waals surface area contributed by atoms with E-state index < -0.39 is 0 Å². The van der Waals surface area contributed by atoms with Gasteiger partial charge in [0.05, 0.1) is 0 Å². The van der Waals surface area contributed by atoms with Crippen LogP contribution < -0.4 is 5.32 Å². The van der Waals surface area contributed by atoms with E-state index in [1.54, 1.807) is 6.07 Å². The minimum Gasteiger partial charge on any atom is -0.310 e. The molecular formula is C13H18FNS. The molecule has 0 atom stereocenters. The summed E-state index contributed by atoms with van der Waals surface area (Å²) in [5, 5.41) is 3.45. The molecule has 0 bridgehead atoms. The fraction of sp³-hybridized carbons (Fsp3) is 0.538. The van der Waals surface area contributed by atoms with Crippen molar-refractivity contribution in [1.82, 2.24) is 5.32 Å². The van der Waals surface area contributed by atoms with Crippen molar-refractivity contribution < 1.29 is 4.39 Å². The minimum atomic E-state index is -0.0942. The van der Waals surface area contributed by atoms with Crippen LogP contribution in [0.1, 0.15) is 24.0 Å². The van der Waals surface area contributed by atoms with Gasteiger partial charge < -0.3 is 5.32 Å². The first kappa shape index (κ1) is 11.9. The number of halogens is 1. The lowest BCUT2D eigenvalue weighted by atomic mass is 10.1. The van der Waals surface area contributed by atoms with Gasteiger partial charge in [0.15, 0.2) is 0 Å². The number of hydrogen-bond donors (Lipinski definition) is 1. The molecule has 88 valence electrons. The summed E-state index contributed by atoms with van der Waals surface area (Å²) < 4.78 is 13.5. The molecule has 16 heavy (non-hydrogen) atoms. The van der Waals surface area contributed by atoms with Crippen LogP contribution >= 0.6 is 11.8 Å². The molecule has 1 saturated heterocycles. The van der Waals surface area contributed by atoms with Gasteiger partial charge in [-0.05, 0) is 37.3 Å². The maximum absolute atomic E-state index is 13.5. The molecule has 1 aliphatic rings. The molecule has 1 N–H and O–H groups in total. The number of aryl methyl sites for hydroxylation is 1. The Hall–Kier alpha value is -0.540. The Morgan fingerprint density at radius 2 is 2.12 bits per heavy atom. The van der Waals surface area contributed by atoms with Gasteiger partial charge in [-0.3, -0.25) is 0 Å².